The molecule has 2 rings (SSSR count). The summed E-state index contributed by atoms with van der Waals surface area (Å²) in [5.74, 6) is 0.486. The Bertz CT molecular complexity index is 609. The molecule has 0 heterocycles. The number of nitrogens with zero attached hydrogens (tertiary/aromatic N) is 1. The molecular weight excluding hydrogens is 256 g/mol. The van der Waals surface area contributed by atoms with E-state index in [0.717, 1.165) is 11.3 Å². The number of benzene rings is 2. The zero-order valence-corrected chi connectivity index (χ0v) is 11.4. The predicted octanol–water partition coefficient (Wildman–Crippen LogP) is 3.52. The first-order chi connectivity index (χ1) is 9.58. The summed E-state index contributed by atoms with van der Waals surface area (Å²) in [4.78, 5) is 10.4. The number of non-ortho nitro benzene ring substituents is 1. The molecule has 5 nitrogen and oxygen atoms in total. The van der Waals surface area contributed by atoms with Crippen molar-refractivity contribution in [1.29, 1.82) is 0 Å². The van der Waals surface area contributed by atoms with Gasteiger partial charge in [0.05, 0.1) is 18.1 Å². The molecule has 0 radical (unpaired) electrons. The standard InChI is InChI=1S/C15H16N2O3/c1-11-3-5-13(6-4-11)16-10-12-7-14(17(18)19)9-15(8-12)20-2/h3-9,16H,10H2,1-2H3. The van der Waals surface area contributed by atoms with Crippen LogP contribution < -0.4 is 10.1 Å². The second kappa shape index (κ2) is 6.06. The van der Waals surface area contributed by atoms with E-state index in [1.54, 1.807) is 12.1 Å². The summed E-state index contributed by atoms with van der Waals surface area (Å²) in [5.41, 5.74) is 3.00. The first-order valence-corrected chi connectivity index (χ1v) is 6.21. The maximum Gasteiger partial charge on any atom is 0.273 e. The van der Waals surface area contributed by atoms with E-state index in [9.17, 15) is 10.1 Å². The molecule has 0 amide bonds. The number of rotatable bonds is 5. The van der Waals surface area contributed by atoms with Gasteiger partial charge in [-0.15, -0.1) is 0 Å². The van der Waals surface area contributed by atoms with Crippen LogP contribution in [0.4, 0.5) is 11.4 Å². The molecule has 0 unspecified atom stereocenters. The Balaban J connectivity index is 2.14. The normalized spacial score (nSPS) is 10.1. The van der Waals surface area contributed by atoms with E-state index >= 15 is 0 Å². The van der Waals surface area contributed by atoms with Gasteiger partial charge >= 0.3 is 0 Å². The van der Waals surface area contributed by atoms with Crippen molar-refractivity contribution in [3.8, 4) is 5.75 Å². The second-order valence-electron chi connectivity index (χ2n) is 4.52. The molecule has 0 fully saturated rings. The molecule has 2 aromatic rings. The number of hydrogen-bond acceptors (Lipinski definition) is 4. The Kier molecular flexibility index (Phi) is 4.20. The smallest absolute Gasteiger partial charge is 0.273 e. The van der Waals surface area contributed by atoms with Crippen LogP contribution >= 0.6 is 0 Å². The Morgan fingerprint density at radius 2 is 1.90 bits per heavy atom. The third-order valence-electron chi connectivity index (χ3n) is 2.95. The van der Waals surface area contributed by atoms with Gasteiger partial charge in [-0.3, -0.25) is 10.1 Å². The number of methoxy groups -OCH3 is 1. The van der Waals surface area contributed by atoms with Gasteiger partial charge < -0.3 is 10.1 Å². The van der Waals surface area contributed by atoms with Crippen molar-refractivity contribution in [1.82, 2.24) is 0 Å². The summed E-state index contributed by atoms with van der Waals surface area (Å²) in [6.45, 7) is 2.52. The van der Waals surface area contributed by atoms with Crippen LogP contribution in [-0.2, 0) is 6.54 Å². The van der Waals surface area contributed by atoms with Gasteiger partial charge in [0, 0.05) is 18.3 Å². The number of nitrogens with one attached hydrogen (secondary N) is 1. The SMILES string of the molecule is COc1cc(CNc2ccc(C)cc2)cc([N+](=O)[O-])c1. The summed E-state index contributed by atoms with van der Waals surface area (Å²) in [6.07, 6.45) is 0. The zero-order valence-electron chi connectivity index (χ0n) is 11.4. The van der Waals surface area contributed by atoms with Crippen LogP contribution in [0.5, 0.6) is 5.75 Å². The van der Waals surface area contributed by atoms with Crippen molar-refractivity contribution < 1.29 is 9.66 Å². The molecule has 0 aromatic heterocycles. The molecule has 0 aliphatic carbocycles. The highest BCUT2D eigenvalue weighted by atomic mass is 16.6. The third kappa shape index (κ3) is 3.47. The number of nitro groups is 1. The quantitative estimate of drug-likeness (QED) is 0.668. The number of anilines is 1. The summed E-state index contributed by atoms with van der Waals surface area (Å²) in [7, 11) is 1.50. The molecule has 0 spiro atoms. The topological polar surface area (TPSA) is 64.4 Å². The van der Waals surface area contributed by atoms with E-state index in [1.807, 2.05) is 31.2 Å². The Morgan fingerprint density at radius 3 is 2.50 bits per heavy atom. The lowest BCUT2D eigenvalue weighted by Crippen LogP contribution is -2.01. The number of hydrogen-bond donors (Lipinski definition) is 1. The first-order valence-electron chi connectivity index (χ1n) is 6.21. The second-order valence-corrected chi connectivity index (χ2v) is 4.52. The van der Waals surface area contributed by atoms with E-state index in [0.29, 0.717) is 12.3 Å². The largest absolute Gasteiger partial charge is 0.496 e. The molecule has 0 aliphatic heterocycles. The molecule has 20 heavy (non-hydrogen) atoms. The van der Waals surface area contributed by atoms with Gasteiger partial charge in [0.15, 0.2) is 0 Å². The molecule has 0 bridgehead atoms. The first kappa shape index (κ1) is 13.9. The fraction of sp³-hybridized carbons (Fsp3) is 0.200. The summed E-state index contributed by atoms with van der Waals surface area (Å²) in [5, 5.41) is 14.1. The molecule has 2 aromatic carbocycles. The number of nitro benzene ring substituents is 1. The fourth-order valence-electron chi connectivity index (χ4n) is 1.84. The molecule has 0 saturated heterocycles. The van der Waals surface area contributed by atoms with Gasteiger partial charge in [-0.1, -0.05) is 17.7 Å². The van der Waals surface area contributed by atoms with Crippen LogP contribution in [0.15, 0.2) is 42.5 Å². The molecule has 104 valence electrons. The average Bonchev–Trinajstić information content (AvgIpc) is 2.46. The molecule has 0 atom stereocenters. The highest BCUT2D eigenvalue weighted by molar-refractivity contribution is 5.47. The van der Waals surface area contributed by atoms with Crippen molar-refractivity contribution in [2.45, 2.75) is 13.5 Å². The van der Waals surface area contributed by atoms with E-state index in [4.69, 9.17) is 4.74 Å². The van der Waals surface area contributed by atoms with Gasteiger partial charge in [-0.2, -0.15) is 0 Å². The molecular formula is C15H16N2O3. The summed E-state index contributed by atoms with van der Waals surface area (Å²) < 4.78 is 5.08. The van der Waals surface area contributed by atoms with Crippen LogP contribution in [0.2, 0.25) is 0 Å². The van der Waals surface area contributed by atoms with E-state index < -0.39 is 4.92 Å². The minimum absolute atomic E-state index is 0.0325. The lowest BCUT2D eigenvalue weighted by molar-refractivity contribution is -0.385. The lowest BCUT2D eigenvalue weighted by Gasteiger charge is -2.08. The predicted molar refractivity (Wildman–Crippen MR) is 78.2 cm³/mol. The minimum atomic E-state index is -0.419. The summed E-state index contributed by atoms with van der Waals surface area (Å²) in [6, 6.07) is 12.7. The van der Waals surface area contributed by atoms with Crippen molar-refractivity contribution in [3.05, 3.63) is 63.7 Å². The van der Waals surface area contributed by atoms with E-state index in [2.05, 4.69) is 5.32 Å². The summed E-state index contributed by atoms with van der Waals surface area (Å²) >= 11 is 0. The van der Waals surface area contributed by atoms with Gasteiger partial charge in [-0.25, -0.2) is 0 Å². The molecule has 0 saturated carbocycles. The van der Waals surface area contributed by atoms with E-state index in [1.165, 1.54) is 18.7 Å². The number of ether oxygens (including phenoxy) is 1. The van der Waals surface area contributed by atoms with Gasteiger partial charge in [0.25, 0.3) is 5.69 Å². The highest BCUT2D eigenvalue weighted by Crippen LogP contribution is 2.23. The zero-order chi connectivity index (χ0) is 14.5. The van der Waals surface area contributed by atoms with Crippen LogP contribution in [0.3, 0.4) is 0 Å². The lowest BCUT2D eigenvalue weighted by atomic mass is 10.1. The Labute approximate surface area is 117 Å². The van der Waals surface area contributed by atoms with Crippen LogP contribution in [0, 0.1) is 17.0 Å². The van der Waals surface area contributed by atoms with Gasteiger partial charge in [0.1, 0.15) is 5.75 Å². The monoisotopic (exact) mass is 272 g/mol. The Hall–Kier alpha value is -2.56. The van der Waals surface area contributed by atoms with Crippen molar-refractivity contribution in [2.75, 3.05) is 12.4 Å². The van der Waals surface area contributed by atoms with E-state index in [-0.39, 0.29) is 5.69 Å². The molecule has 1 N–H and O–H groups in total. The van der Waals surface area contributed by atoms with Crippen LogP contribution in [0.25, 0.3) is 0 Å². The van der Waals surface area contributed by atoms with Crippen LogP contribution in [-0.4, -0.2) is 12.0 Å². The highest BCUT2D eigenvalue weighted by Gasteiger charge is 2.10. The van der Waals surface area contributed by atoms with Crippen LogP contribution in [0.1, 0.15) is 11.1 Å². The third-order valence-corrected chi connectivity index (χ3v) is 2.95. The number of aryl methyl sites for hydroxylation is 1. The van der Waals surface area contributed by atoms with Gasteiger partial charge in [-0.05, 0) is 30.7 Å². The van der Waals surface area contributed by atoms with Crippen molar-refractivity contribution >= 4 is 11.4 Å². The molecule has 5 heteroatoms. The fourth-order valence-corrected chi connectivity index (χ4v) is 1.84. The van der Waals surface area contributed by atoms with Crippen molar-refractivity contribution in [2.24, 2.45) is 0 Å². The average molecular weight is 272 g/mol. The maximum absolute atomic E-state index is 10.9. The van der Waals surface area contributed by atoms with Crippen molar-refractivity contribution in [3.63, 3.8) is 0 Å². The molecule has 0 aliphatic rings. The minimum Gasteiger partial charge on any atom is -0.496 e. The van der Waals surface area contributed by atoms with Gasteiger partial charge in [0.2, 0.25) is 0 Å². The maximum atomic E-state index is 10.9. The Morgan fingerprint density at radius 1 is 1.20 bits per heavy atom.